The van der Waals surface area contributed by atoms with Crippen LogP contribution in [0, 0.1) is 5.92 Å². The Kier molecular flexibility index (Phi) is 6.01. The Morgan fingerprint density at radius 2 is 1.84 bits per heavy atom. The molecule has 1 atom stereocenters. The fourth-order valence-corrected chi connectivity index (χ4v) is 3.86. The van der Waals surface area contributed by atoms with Crippen molar-refractivity contribution in [3.8, 4) is 0 Å². The molecule has 1 aromatic rings. The van der Waals surface area contributed by atoms with Gasteiger partial charge in [0.15, 0.2) is 9.84 Å². The van der Waals surface area contributed by atoms with E-state index < -0.39 is 9.84 Å². The summed E-state index contributed by atoms with van der Waals surface area (Å²) >= 11 is 0. The smallest absolute Gasteiger partial charge is 0.178 e. The molecule has 0 amide bonds. The second-order valence-electron chi connectivity index (χ2n) is 5.27. The molecule has 0 aliphatic rings. The molecule has 0 aromatic heterocycles. The van der Waals surface area contributed by atoms with Crippen LogP contribution in [0.1, 0.15) is 32.8 Å². The van der Waals surface area contributed by atoms with Crippen molar-refractivity contribution in [3.05, 3.63) is 29.8 Å². The van der Waals surface area contributed by atoms with Crippen molar-refractivity contribution in [1.29, 1.82) is 0 Å². The van der Waals surface area contributed by atoms with Gasteiger partial charge in [-0.25, -0.2) is 8.42 Å². The number of nitrogens with one attached hydrogen (secondary N) is 1. The Labute approximate surface area is 117 Å². The van der Waals surface area contributed by atoms with Crippen molar-refractivity contribution < 1.29 is 8.42 Å². The van der Waals surface area contributed by atoms with Gasteiger partial charge in [0, 0.05) is 6.04 Å². The van der Waals surface area contributed by atoms with Gasteiger partial charge >= 0.3 is 0 Å². The van der Waals surface area contributed by atoms with Crippen LogP contribution in [0.5, 0.6) is 0 Å². The summed E-state index contributed by atoms with van der Waals surface area (Å²) in [6.07, 6.45) is 1.39. The highest BCUT2D eigenvalue weighted by atomic mass is 32.2. The van der Waals surface area contributed by atoms with E-state index in [0.29, 0.717) is 17.2 Å². The molecular formula is C15H25NO2S. The lowest BCUT2D eigenvalue weighted by atomic mass is 9.97. The van der Waals surface area contributed by atoms with Gasteiger partial charge < -0.3 is 5.32 Å². The number of likely N-dealkylation sites (N-methyl/N-ethyl adjacent to an activating group) is 1. The van der Waals surface area contributed by atoms with Crippen LogP contribution in [-0.2, 0) is 16.3 Å². The van der Waals surface area contributed by atoms with E-state index in [0.717, 1.165) is 12.0 Å². The molecule has 0 heterocycles. The molecule has 3 nitrogen and oxygen atoms in total. The molecule has 0 radical (unpaired) electrons. The van der Waals surface area contributed by atoms with Gasteiger partial charge in [-0.15, -0.1) is 0 Å². The van der Waals surface area contributed by atoms with E-state index in [1.807, 2.05) is 26.1 Å². The molecule has 0 saturated heterocycles. The van der Waals surface area contributed by atoms with Gasteiger partial charge in [-0.1, -0.05) is 39.0 Å². The molecule has 19 heavy (non-hydrogen) atoms. The summed E-state index contributed by atoms with van der Waals surface area (Å²) in [7, 11) is -1.22. The molecule has 1 rings (SSSR count). The van der Waals surface area contributed by atoms with Crippen LogP contribution in [0.3, 0.4) is 0 Å². The molecular weight excluding hydrogens is 258 g/mol. The van der Waals surface area contributed by atoms with E-state index in [4.69, 9.17) is 0 Å². The minimum atomic E-state index is -3.15. The third kappa shape index (κ3) is 4.32. The Morgan fingerprint density at radius 3 is 2.37 bits per heavy atom. The maximum atomic E-state index is 12.3. The van der Waals surface area contributed by atoms with E-state index in [9.17, 15) is 8.42 Å². The normalized spacial score (nSPS) is 13.7. The molecule has 0 aliphatic heterocycles. The Hall–Kier alpha value is -0.870. The average molecular weight is 283 g/mol. The van der Waals surface area contributed by atoms with Gasteiger partial charge in [0.2, 0.25) is 0 Å². The highest BCUT2D eigenvalue weighted by Gasteiger charge is 2.20. The third-order valence-electron chi connectivity index (χ3n) is 3.40. The minimum Gasteiger partial charge on any atom is -0.316 e. The molecule has 4 heteroatoms. The van der Waals surface area contributed by atoms with E-state index >= 15 is 0 Å². The van der Waals surface area contributed by atoms with Crippen LogP contribution in [0.4, 0.5) is 0 Å². The minimum absolute atomic E-state index is 0.218. The van der Waals surface area contributed by atoms with Crippen molar-refractivity contribution in [2.24, 2.45) is 5.92 Å². The van der Waals surface area contributed by atoms with Crippen molar-refractivity contribution in [2.45, 2.75) is 44.6 Å². The highest BCUT2D eigenvalue weighted by Crippen LogP contribution is 2.20. The van der Waals surface area contributed by atoms with Crippen LogP contribution in [-0.4, -0.2) is 27.3 Å². The predicted octanol–water partition coefficient (Wildman–Crippen LogP) is 2.66. The molecule has 0 saturated carbocycles. The summed E-state index contributed by atoms with van der Waals surface area (Å²) in [6.45, 7) is 6.18. The summed E-state index contributed by atoms with van der Waals surface area (Å²) < 4.78 is 24.5. The molecule has 108 valence electrons. The van der Waals surface area contributed by atoms with E-state index in [1.54, 1.807) is 12.1 Å². The van der Waals surface area contributed by atoms with Crippen LogP contribution in [0.2, 0.25) is 0 Å². The van der Waals surface area contributed by atoms with Crippen molar-refractivity contribution in [3.63, 3.8) is 0 Å². The van der Waals surface area contributed by atoms with Gasteiger partial charge in [-0.3, -0.25) is 0 Å². The van der Waals surface area contributed by atoms with Crippen LogP contribution in [0.15, 0.2) is 29.2 Å². The Morgan fingerprint density at radius 1 is 1.21 bits per heavy atom. The summed E-state index contributed by atoms with van der Waals surface area (Å²) in [5.74, 6) is 0.683. The van der Waals surface area contributed by atoms with Crippen molar-refractivity contribution in [1.82, 2.24) is 5.32 Å². The number of hydrogen-bond donors (Lipinski definition) is 1. The predicted molar refractivity (Wildman–Crippen MR) is 80.2 cm³/mol. The van der Waals surface area contributed by atoms with E-state index in [1.165, 1.54) is 0 Å². The monoisotopic (exact) mass is 283 g/mol. The topological polar surface area (TPSA) is 46.2 Å². The molecule has 0 spiro atoms. The lowest BCUT2D eigenvalue weighted by Crippen LogP contribution is -2.33. The summed E-state index contributed by atoms with van der Waals surface area (Å²) in [4.78, 5) is 0.498. The first kappa shape index (κ1) is 16.2. The fourth-order valence-electron chi connectivity index (χ4n) is 2.26. The van der Waals surface area contributed by atoms with Crippen molar-refractivity contribution in [2.75, 3.05) is 12.8 Å². The zero-order valence-electron chi connectivity index (χ0n) is 12.3. The number of rotatable bonds is 7. The quantitative estimate of drug-likeness (QED) is 0.837. The van der Waals surface area contributed by atoms with Crippen LogP contribution in [0.25, 0.3) is 0 Å². The second kappa shape index (κ2) is 7.06. The second-order valence-corrected chi connectivity index (χ2v) is 7.35. The molecule has 1 aromatic carbocycles. The van der Waals surface area contributed by atoms with E-state index in [-0.39, 0.29) is 11.8 Å². The van der Waals surface area contributed by atoms with Gasteiger partial charge in [0.1, 0.15) is 0 Å². The standard InChI is InChI=1S/C15H25NO2S/c1-5-10-19(17,18)15-9-7-6-8-13(15)11-14(16-4)12(2)3/h6-9,12,14,16H,5,10-11H2,1-4H3. The summed E-state index contributed by atoms with van der Waals surface area (Å²) in [6, 6.07) is 7.66. The molecule has 1 N–H and O–H groups in total. The highest BCUT2D eigenvalue weighted by molar-refractivity contribution is 7.91. The molecule has 1 unspecified atom stereocenters. The number of hydrogen-bond acceptors (Lipinski definition) is 3. The third-order valence-corrected chi connectivity index (χ3v) is 5.41. The van der Waals surface area contributed by atoms with E-state index in [2.05, 4.69) is 19.2 Å². The van der Waals surface area contributed by atoms with Gasteiger partial charge in [0.05, 0.1) is 10.6 Å². The lowest BCUT2D eigenvalue weighted by molar-refractivity contribution is 0.422. The fraction of sp³-hybridized carbons (Fsp3) is 0.600. The molecule has 0 fully saturated rings. The number of sulfone groups is 1. The maximum Gasteiger partial charge on any atom is 0.178 e. The first-order valence-electron chi connectivity index (χ1n) is 6.90. The first-order valence-corrected chi connectivity index (χ1v) is 8.55. The molecule has 0 aliphatic carbocycles. The maximum absolute atomic E-state index is 12.3. The largest absolute Gasteiger partial charge is 0.316 e. The summed E-state index contributed by atoms with van der Waals surface area (Å²) in [5.41, 5.74) is 0.920. The molecule has 0 bridgehead atoms. The SMILES string of the molecule is CCCS(=O)(=O)c1ccccc1CC(NC)C(C)C. The van der Waals surface area contributed by atoms with Gasteiger partial charge in [-0.2, -0.15) is 0 Å². The van der Waals surface area contributed by atoms with Gasteiger partial charge in [0.25, 0.3) is 0 Å². The Balaban J connectivity index is 3.09. The van der Waals surface area contributed by atoms with Crippen LogP contribution >= 0.6 is 0 Å². The number of benzene rings is 1. The van der Waals surface area contributed by atoms with Gasteiger partial charge in [-0.05, 0) is 37.4 Å². The lowest BCUT2D eigenvalue weighted by Gasteiger charge is -2.21. The zero-order valence-corrected chi connectivity index (χ0v) is 13.1. The zero-order chi connectivity index (χ0) is 14.5. The Bertz CT molecular complexity index is 495. The first-order chi connectivity index (χ1) is 8.92. The summed E-state index contributed by atoms with van der Waals surface area (Å²) in [5, 5.41) is 3.27. The van der Waals surface area contributed by atoms with Crippen LogP contribution < -0.4 is 5.32 Å². The van der Waals surface area contributed by atoms with Crippen molar-refractivity contribution >= 4 is 9.84 Å². The average Bonchev–Trinajstić information content (AvgIpc) is 2.35.